The van der Waals surface area contributed by atoms with Gasteiger partial charge in [0.25, 0.3) is 5.91 Å². The number of amides is 2. The summed E-state index contributed by atoms with van der Waals surface area (Å²) >= 11 is 0. The minimum absolute atomic E-state index is 0.0913. The molecular weight excluding hydrogens is 480 g/mol. The van der Waals surface area contributed by atoms with Gasteiger partial charge in [-0.3, -0.25) is 14.5 Å². The van der Waals surface area contributed by atoms with Gasteiger partial charge in [0, 0.05) is 57.0 Å². The molecule has 1 aliphatic carbocycles. The summed E-state index contributed by atoms with van der Waals surface area (Å²) < 4.78 is 2.04. The lowest BCUT2D eigenvalue weighted by Gasteiger charge is -2.26. The fourth-order valence-electron chi connectivity index (χ4n) is 6.10. The molecule has 3 N–H and O–H groups in total. The summed E-state index contributed by atoms with van der Waals surface area (Å²) in [6.07, 6.45) is 9.95. The van der Waals surface area contributed by atoms with Crippen molar-refractivity contribution in [3.05, 3.63) is 48.1 Å². The normalized spacial score (nSPS) is 21.9. The van der Waals surface area contributed by atoms with Crippen molar-refractivity contribution in [2.75, 3.05) is 43.2 Å². The third-order valence-corrected chi connectivity index (χ3v) is 8.23. The van der Waals surface area contributed by atoms with Crippen LogP contribution >= 0.6 is 0 Å². The third kappa shape index (κ3) is 4.92. The van der Waals surface area contributed by atoms with E-state index in [-0.39, 0.29) is 17.9 Å². The van der Waals surface area contributed by atoms with Crippen molar-refractivity contribution in [2.24, 2.45) is 0 Å². The van der Waals surface area contributed by atoms with Gasteiger partial charge in [-0.2, -0.15) is 0 Å². The second-order valence-corrected chi connectivity index (χ2v) is 10.9. The van der Waals surface area contributed by atoms with Gasteiger partial charge >= 0.3 is 0 Å². The topological polar surface area (TPSA) is 110 Å². The molecule has 10 nitrogen and oxygen atoms in total. The molecular formula is C28H38N8O2. The summed E-state index contributed by atoms with van der Waals surface area (Å²) in [6, 6.07) is 6.45. The van der Waals surface area contributed by atoms with E-state index in [4.69, 9.17) is 5.41 Å². The van der Waals surface area contributed by atoms with Gasteiger partial charge in [0.15, 0.2) is 0 Å². The number of nitrogens with one attached hydrogen (secondary N) is 3. The van der Waals surface area contributed by atoms with Gasteiger partial charge in [0.1, 0.15) is 23.2 Å². The van der Waals surface area contributed by atoms with Crippen LogP contribution in [0, 0.1) is 5.41 Å². The molecule has 2 aromatic heterocycles. The number of aromatic nitrogens is 2. The summed E-state index contributed by atoms with van der Waals surface area (Å²) in [5.74, 6) is 1.81. The lowest BCUT2D eigenvalue weighted by molar-refractivity contribution is -0.119. The summed E-state index contributed by atoms with van der Waals surface area (Å²) in [5.41, 5.74) is 2.00. The molecule has 38 heavy (non-hydrogen) atoms. The van der Waals surface area contributed by atoms with Crippen molar-refractivity contribution in [2.45, 2.75) is 63.1 Å². The first kappa shape index (κ1) is 26.0. The molecule has 0 spiro atoms. The molecule has 5 rings (SSSR count). The van der Waals surface area contributed by atoms with E-state index in [1.54, 1.807) is 31.3 Å². The molecule has 10 heteroatoms. The van der Waals surface area contributed by atoms with Gasteiger partial charge in [-0.1, -0.05) is 19.4 Å². The Hall–Kier alpha value is -3.66. The Balaban J connectivity index is 1.32. The number of carbonyl (C=O) groups excluding carboxylic acids is 2. The zero-order valence-corrected chi connectivity index (χ0v) is 22.5. The van der Waals surface area contributed by atoms with Crippen molar-refractivity contribution in [3.63, 3.8) is 0 Å². The zero-order valence-electron chi connectivity index (χ0n) is 22.5. The van der Waals surface area contributed by atoms with Crippen molar-refractivity contribution in [1.82, 2.24) is 19.4 Å². The zero-order chi connectivity index (χ0) is 27.0. The van der Waals surface area contributed by atoms with E-state index in [0.717, 1.165) is 44.2 Å². The van der Waals surface area contributed by atoms with Crippen molar-refractivity contribution in [3.8, 4) is 0 Å². The number of likely N-dealkylation sites (N-methyl/N-ethyl adjacent to an activating group) is 1. The van der Waals surface area contributed by atoms with E-state index in [2.05, 4.69) is 34.1 Å². The summed E-state index contributed by atoms with van der Waals surface area (Å²) in [4.78, 5) is 36.2. The number of hydrogen-bond donors (Lipinski definition) is 3. The summed E-state index contributed by atoms with van der Waals surface area (Å²) in [6.45, 7) is 4.82. The predicted octanol–water partition coefficient (Wildman–Crippen LogP) is 3.89. The lowest BCUT2D eigenvalue weighted by atomic mass is 10.1. The highest BCUT2D eigenvalue weighted by Gasteiger charge is 2.38. The number of nitrogens with zero attached hydrogens (tertiary/aromatic N) is 5. The van der Waals surface area contributed by atoms with Crippen LogP contribution < -0.4 is 15.5 Å². The van der Waals surface area contributed by atoms with E-state index in [9.17, 15) is 9.59 Å². The first-order chi connectivity index (χ1) is 18.3. The van der Waals surface area contributed by atoms with Gasteiger partial charge in [-0.25, -0.2) is 4.98 Å². The first-order valence-corrected chi connectivity index (χ1v) is 13.5. The smallest absolute Gasteiger partial charge is 0.270 e. The van der Waals surface area contributed by atoms with Gasteiger partial charge in [0.05, 0.1) is 11.9 Å². The minimum Gasteiger partial charge on any atom is -0.343 e. The minimum atomic E-state index is -0.0913. The van der Waals surface area contributed by atoms with Crippen LogP contribution in [-0.2, 0) is 4.79 Å². The quantitative estimate of drug-likeness (QED) is 0.458. The van der Waals surface area contributed by atoms with Gasteiger partial charge in [0.2, 0.25) is 5.91 Å². The standard InChI is InChI=1S/C28H38N8O2/c1-18(32-27-19(15-29)13-24(28(38)33(2)3)36(27)20-7-5-6-8-20)31-25-12-11-22(16-30-25)35-17-23-10-9-21(34(23)4)14-26(35)37/h11-13,15-16,20-21,23,29,32H,1,5-10,14,17H2,2-4H3,(H,30,31)/t21-,23+/m0/s1. The Morgan fingerprint density at radius 2 is 1.87 bits per heavy atom. The Labute approximate surface area is 224 Å². The van der Waals surface area contributed by atoms with Crippen molar-refractivity contribution in [1.29, 1.82) is 5.41 Å². The van der Waals surface area contributed by atoms with Crippen LogP contribution in [-0.4, -0.2) is 77.2 Å². The maximum Gasteiger partial charge on any atom is 0.270 e. The molecule has 3 fully saturated rings. The first-order valence-electron chi connectivity index (χ1n) is 13.5. The molecule has 0 aromatic carbocycles. The number of pyridine rings is 1. The summed E-state index contributed by atoms with van der Waals surface area (Å²) in [7, 11) is 5.60. The second kappa shape index (κ2) is 10.6. The fraction of sp³-hybridized carbons (Fsp3) is 0.500. The number of hydrogen-bond acceptors (Lipinski definition) is 7. The Morgan fingerprint density at radius 1 is 1.13 bits per heavy atom. The van der Waals surface area contributed by atoms with Crippen molar-refractivity contribution < 1.29 is 9.59 Å². The predicted molar refractivity (Wildman–Crippen MR) is 150 cm³/mol. The van der Waals surface area contributed by atoms with E-state index in [0.29, 0.717) is 53.8 Å². The average molecular weight is 519 g/mol. The highest BCUT2D eigenvalue weighted by atomic mass is 16.2. The maximum atomic E-state index is 13.0. The molecule has 3 aliphatic rings. The van der Waals surface area contributed by atoms with Crippen LogP contribution in [0.2, 0.25) is 0 Å². The molecule has 2 saturated heterocycles. The molecule has 2 bridgehead atoms. The largest absolute Gasteiger partial charge is 0.343 e. The van der Waals surface area contributed by atoms with Crippen LogP contribution in [0.15, 0.2) is 36.8 Å². The van der Waals surface area contributed by atoms with Crippen LogP contribution in [0.3, 0.4) is 0 Å². The van der Waals surface area contributed by atoms with Gasteiger partial charge in [-0.15, -0.1) is 0 Å². The molecule has 0 unspecified atom stereocenters. The highest BCUT2D eigenvalue weighted by Crippen LogP contribution is 2.37. The molecule has 2 aromatic rings. The van der Waals surface area contributed by atoms with E-state index in [1.807, 2.05) is 21.6 Å². The van der Waals surface area contributed by atoms with E-state index < -0.39 is 0 Å². The SMILES string of the molecule is C=C(Nc1ccc(N2C[C@H]3CC[C@@H](CC2=O)N3C)cn1)Nc1c(C=N)cc(C(=O)N(C)C)n1C1CCCC1. The Bertz CT molecular complexity index is 1230. The lowest BCUT2D eigenvalue weighted by Crippen LogP contribution is -2.38. The van der Waals surface area contributed by atoms with Crippen molar-refractivity contribution >= 4 is 35.4 Å². The number of fused-ring (bicyclic) bond motifs is 2. The van der Waals surface area contributed by atoms with E-state index in [1.165, 1.54) is 6.21 Å². The molecule has 2 aliphatic heterocycles. The van der Waals surface area contributed by atoms with Gasteiger partial charge < -0.3 is 30.4 Å². The molecule has 0 radical (unpaired) electrons. The molecule has 202 valence electrons. The molecule has 2 amide bonds. The van der Waals surface area contributed by atoms with Crippen LogP contribution in [0.1, 0.15) is 67.0 Å². The van der Waals surface area contributed by atoms with Gasteiger partial charge in [-0.05, 0) is 50.9 Å². The molecule has 4 heterocycles. The molecule has 1 saturated carbocycles. The third-order valence-electron chi connectivity index (χ3n) is 8.23. The molecule has 2 atom stereocenters. The van der Waals surface area contributed by atoms with Crippen LogP contribution in [0.5, 0.6) is 0 Å². The Morgan fingerprint density at radius 3 is 2.53 bits per heavy atom. The Kier molecular flexibility index (Phi) is 7.25. The number of carbonyl (C=O) groups is 2. The second-order valence-electron chi connectivity index (χ2n) is 10.9. The highest BCUT2D eigenvalue weighted by molar-refractivity contribution is 5.98. The summed E-state index contributed by atoms with van der Waals surface area (Å²) in [5, 5.41) is 14.5. The van der Waals surface area contributed by atoms with E-state index >= 15 is 0 Å². The van der Waals surface area contributed by atoms with Crippen LogP contribution in [0.4, 0.5) is 17.3 Å². The maximum absolute atomic E-state index is 13.0. The number of rotatable bonds is 8. The number of anilines is 3. The fourth-order valence-corrected chi connectivity index (χ4v) is 6.10. The average Bonchev–Trinajstić information content (AvgIpc) is 3.60. The van der Waals surface area contributed by atoms with Crippen LogP contribution in [0.25, 0.3) is 0 Å². The monoisotopic (exact) mass is 518 g/mol.